The highest BCUT2D eigenvalue weighted by atomic mass is 127. The first-order valence-corrected chi connectivity index (χ1v) is 9.74. The highest BCUT2D eigenvalue weighted by Crippen LogP contribution is 2.36. The van der Waals surface area contributed by atoms with Crippen LogP contribution in [0.15, 0.2) is 28.7 Å². The third kappa shape index (κ3) is 5.20. The number of thiophene rings is 1. The number of nitrogens with one attached hydrogen (secondary N) is 3. The Morgan fingerprint density at radius 3 is 2.96 bits per heavy atom. The second kappa shape index (κ2) is 10.3. The predicted molar refractivity (Wildman–Crippen MR) is 119 cm³/mol. The van der Waals surface area contributed by atoms with Gasteiger partial charge in [0.15, 0.2) is 5.96 Å². The van der Waals surface area contributed by atoms with Gasteiger partial charge in [0, 0.05) is 42.3 Å². The van der Waals surface area contributed by atoms with Gasteiger partial charge in [0.05, 0.1) is 6.20 Å². The van der Waals surface area contributed by atoms with Crippen LogP contribution in [0.2, 0.25) is 0 Å². The van der Waals surface area contributed by atoms with Crippen LogP contribution >= 0.6 is 35.3 Å². The molecule has 26 heavy (non-hydrogen) atoms. The molecule has 0 bridgehead atoms. The van der Waals surface area contributed by atoms with Crippen molar-refractivity contribution in [3.05, 3.63) is 39.8 Å². The summed E-state index contributed by atoms with van der Waals surface area (Å²) >= 11 is 1.86. The number of halogens is 1. The van der Waals surface area contributed by atoms with Crippen molar-refractivity contribution >= 4 is 41.3 Å². The van der Waals surface area contributed by atoms with Crippen molar-refractivity contribution < 1.29 is 0 Å². The molecule has 144 valence electrons. The molecule has 0 aromatic carbocycles. The number of aliphatic imine (C=N–C) groups is 1. The fourth-order valence-electron chi connectivity index (χ4n) is 3.56. The lowest BCUT2D eigenvalue weighted by atomic mass is 9.88. The number of hydrogen-bond donors (Lipinski definition) is 3. The molecule has 1 aliphatic heterocycles. The molecule has 2 aromatic heterocycles. The summed E-state index contributed by atoms with van der Waals surface area (Å²) in [7, 11) is 4.06. The van der Waals surface area contributed by atoms with E-state index >= 15 is 0 Å². The van der Waals surface area contributed by atoms with Gasteiger partial charge in [-0.05, 0) is 50.7 Å². The molecule has 3 heterocycles. The molecule has 0 saturated carbocycles. The molecule has 0 radical (unpaired) electrons. The van der Waals surface area contributed by atoms with Crippen LogP contribution < -0.4 is 10.6 Å². The third-order valence-electron chi connectivity index (χ3n) is 4.98. The minimum absolute atomic E-state index is 0. The van der Waals surface area contributed by atoms with Gasteiger partial charge in [-0.2, -0.15) is 5.10 Å². The van der Waals surface area contributed by atoms with E-state index in [1.165, 1.54) is 24.3 Å². The highest BCUT2D eigenvalue weighted by molar-refractivity contribution is 14.0. The van der Waals surface area contributed by atoms with E-state index in [9.17, 15) is 0 Å². The van der Waals surface area contributed by atoms with Crippen molar-refractivity contribution in [3.8, 4) is 0 Å². The molecule has 2 aromatic rings. The van der Waals surface area contributed by atoms with Crippen LogP contribution in [0.4, 0.5) is 0 Å². The van der Waals surface area contributed by atoms with E-state index in [1.54, 1.807) is 0 Å². The van der Waals surface area contributed by atoms with Crippen LogP contribution in [0.1, 0.15) is 35.0 Å². The Kier molecular flexibility index (Phi) is 8.36. The fraction of sp³-hybridized carbons (Fsp3) is 0.556. The van der Waals surface area contributed by atoms with Gasteiger partial charge in [0.2, 0.25) is 0 Å². The largest absolute Gasteiger partial charge is 0.356 e. The van der Waals surface area contributed by atoms with E-state index in [2.05, 4.69) is 55.3 Å². The molecule has 2 unspecified atom stereocenters. The maximum absolute atomic E-state index is 4.36. The van der Waals surface area contributed by atoms with Gasteiger partial charge in [-0.15, -0.1) is 35.3 Å². The minimum atomic E-state index is 0. The molecule has 3 N–H and O–H groups in total. The SMILES string of the molecule is CN=C(NCc1cn[nH]c1C)NCC1CCCN(C)C1c1cccs1.I. The molecular weight excluding hydrogens is 459 g/mol. The van der Waals surface area contributed by atoms with Gasteiger partial charge >= 0.3 is 0 Å². The number of likely N-dealkylation sites (tertiary alicyclic amines) is 1. The summed E-state index contributed by atoms with van der Waals surface area (Å²) in [5, 5.41) is 16.1. The van der Waals surface area contributed by atoms with Gasteiger partial charge < -0.3 is 10.6 Å². The van der Waals surface area contributed by atoms with Crippen molar-refractivity contribution in [2.24, 2.45) is 10.9 Å². The van der Waals surface area contributed by atoms with Crippen molar-refractivity contribution in [3.63, 3.8) is 0 Å². The van der Waals surface area contributed by atoms with E-state index < -0.39 is 0 Å². The average molecular weight is 488 g/mol. The summed E-state index contributed by atoms with van der Waals surface area (Å²) in [4.78, 5) is 8.32. The molecule has 1 aliphatic rings. The minimum Gasteiger partial charge on any atom is -0.356 e. The van der Waals surface area contributed by atoms with Gasteiger partial charge in [-0.1, -0.05) is 6.07 Å². The zero-order valence-corrected chi connectivity index (χ0v) is 18.8. The average Bonchev–Trinajstić information content (AvgIpc) is 3.27. The summed E-state index contributed by atoms with van der Waals surface area (Å²) in [5.74, 6) is 1.44. The van der Waals surface area contributed by atoms with Crippen LogP contribution in [-0.2, 0) is 6.54 Å². The van der Waals surface area contributed by atoms with E-state index in [0.717, 1.165) is 30.3 Å². The lowest BCUT2D eigenvalue weighted by molar-refractivity contribution is 0.125. The first-order chi connectivity index (χ1) is 12.2. The third-order valence-corrected chi connectivity index (χ3v) is 5.92. The lowest BCUT2D eigenvalue weighted by Gasteiger charge is -2.39. The Hall–Kier alpha value is -1.13. The lowest BCUT2D eigenvalue weighted by Crippen LogP contribution is -2.44. The molecule has 0 aliphatic carbocycles. The molecule has 1 fully saturated rings. The molecule has 6 nitrogen and oxygen atoms in total. The molecule has 0 amide bonds. The van der Waals surface area contributed by atoms with Crippen molar-refractivity contribution in [2.45, 2.75) is 32.4 Å². The van der Waals surface area contributed by atoms with E-state index in [0.29, 0.717) is 12.0 Å². The van der Waals surface area contributed by atoms with Crippen molar-refractivity contribution in [1.82, 2.24) is 25.7 Å². The predicted octanol–water partition coefficient (Wildman–Crippen LogP) is 3.15. The Labute approximate surface area is 176 Å². The van der Waals surface area contributed by atoms with Crippen LogP contribution in [-0.4, -0.2) is 48.2 Å². The monoisotopic (exact) mass is 488 g/mol. The summed E-state index contributed by atoms with van der Waals surface area (Å²) < 4.78 is 0. The number of aromatic amines is 1. The number of aromatic nitrogens is 2. The highest BCUT2D eigenvalue weighted by Gasteiger charge is 2.31. The Morgan fingerprint density at radius 2 is 2.31 bits per heavy atom. The molecule has 1 saturated heterocycles. The first kappa shape index (κ1) is 21.2. The van der Waals surface area contributed by atoms with Crippen molar-refractivity contribution in [2.75, 3.05) is 27.2 Å². The number of nitrogens with zero attached hydrogens (tertiary/aromatic N) is 3. The number of aryl methyl sites for hydroxylation is 1. The van der Waals surface area contributed by atoms with Crippen LogP contribution in [0.3, 0.4) is 0 Å². The fourth-order valence-corrected chi connectivity index (χ4v) is 4.55. The zero-order chi connectivity index (χ0) is 17.6. The first-order valence-electron chi connectivity index (χ1n) is 8.86. The topological polar surface area (TPSA) is 68.3 Å². The second-order valence-corrected chi connectivity index (χ2v) is 7.65. The number of rotatable bonds is 5. The molecule has 3 rings (SSSR count). The smallest absolute Gasteiger partial charge is 0.191 e. The van der Waals surface area contributed by atoms with Crippen LogP contribution in [0.25, 0.3) is 0 Å². The molecule has 0 spiro atoms. The molecular formula is C18H29IN6S. The Bertz CT molecular complexity index is 684. The van der Waals surface area contributed by atoms with Gasteiger partial charge in [-0.3, -0.25) is 15.0 Å². The number of H-pyrrole nitrogens is 1. The maximum atomic E-state index is 4.36. The normalized spacial score (nSPS) is 21.3. The number of guanidine groups is 1. The van der Waals surface area contributed by atoms with Crippen LogP contribution in [0, 0.1) is 12.8 Å². The summed E-state index contributed by atoms with van der Waals surface area (Å²) in [6.45, 7) is 4.85. The van der Waals surface area contributed by atoms with E-state index in [4.69, 9.17) is 0 Å². The standard InChI is InChI=1S/C18H28N6S.HI/c1-13-15(12-22-23-13)11-21-18(19-2)20-10-14-6-4-8-24(3)17(14)16-7-5-9-25-16;/h5,7,9,12,14,17H,4,6,8,10-11H2,1-3H3,(H,22,23)(H2,19,20,21);1H. The summed E-state index contributed by atoms with van der Waals surface area (Å²) in [6.07, 6.45) is 4.36. The Balaban J connectivity index is 0.00000243. The number of hydrogen-bond acceptors (Lipinski definition) is 4. The second-order valence-electron chi connectivity index (χ2n) is 6.67. The number of piperidine rings is 1. The molecule has 8 heteroatoms. The van der Waals surface area contributed by atoms with Gasteiger partial charge in [0.1, 0.15) is 0 Å². The Morgan fingerprint density at radius 1 is 1.46 bits per heavy atom. The van der Waals surface area contributed by atoms with E-state index in [-0.39, 0.29) is 24.0 Å². The maximum Gasteiger partial charge on any atom is 0.191 e. The zero-order valence-electron chi connectivity index (χ0n) is 15.7. The van der Waals surface area contributed by atoms with Crippen molar-refractivity contribution in [1.29, 1.82) is 0 Å². The molecule has 2 atom stereocenters. The van der Waals surface area contributed by atoms with Gasteiger partial charge in [-0.25, -0.2) is 0 Å². The summed E-state index contributed by atoms with van der Waals surface area (Å²) in [6, 6.07) is 4.91. The summed E-state index contributed by atoms with van der Waals surface area (Å²) in [5.41, 5.74) is 2.26. The quantitative estimate of drug-likeness (QED) is 0.344. The van der Waals surface area contributed by atoms with Gasteiger partial charge in [0.25, 0.3) is 0 Å². The van der Waals surface area contributed by atoms with Crippen LogP contribution in [0.5, 0.6) is 0 Å². The van der Waals surface area contributed by atoms with E-state index in [1.807, 2.05) is 31.5 Å².